The summed E-state index contributed by atoms with van der Waals surface area (Å²) in [4.78, 5) is 20.0. The average molecular weight is 407 g/mol. The van der Waals surface area contributed by atoms with Gasteiger partial charge in [-0.05, 0) is 30.7 Å². The number of nitrogens with zero attached hydrogens (tertiary/aromatic N) is 2. The molecule has 1 atom stereocenters. The minimum Gasteiger partial charge on any atom is -0.354 e. The average Bonchev–Trinajstić information content (AvgIpc) is 2.68. The van der Waals surface area contributed by atoms with Gasteiger partial charge in [0, 0.05) is 55.3 Å². The highest BCUT2D eigenvalue weighted by molar-refractivity contribution is 7.99. The van der Waals surface area contributed by atoms with E-state index >= 15 is 0 Å². The number of amides is 1. The molecule has 1 aliphatic heterocycles. The number of aromatic nitrogens is 1. The summed E-state index contributed by atoms with van der Waals surface area (Å²) in [6, 6.07) is 12.7. The molecule has 3 rings (SSSR count). The summed E-state index contributed by atoms with van der Waals surface area (Å²) in [6.45, 7) is 5.82. The third-order valence-corrected chi connectivity index (χ3v) is 5.50. The standard InChI is InChI=1S/C20H26N4OS.ClH/c1-16-4-6-18(7-5-16)26-12-10-23-20(25)15-24-11-9-22-14-19(24)17-3-2-8-21-13-17;/h2-8,13,19,22H,9-12,14-15H2,1H3,(H,23,25);1H. The third-order valence-electron chi connectivity index (χ3n) is 4.48. The van der Waals surface area contributed by atoms with E-state index in [9.17, 15) is 4.79 Å². The summed E-state index contributed by atoms with van der Waals surface area (Å²) < 4.78 is 0. The Labute approximate surface area is 171 Å². The van der Waals surface area contributed by atoms with Crippen LogP contribution in [-0.2, 0) is 4.79 Å². The van der Waals surface area contributed by atoms with Crippen molar-refractivity contribution in [2.24, 2.45) is 0 Å². The highest BCUT2D eigenvalue weighted by Crippen LogP contribution is 2.21. The van der Waals surface area contributed by atoms with Crippen molar-refractivity contribution in [3.63, 3.8) is 0 Å². The fourth-order valence-corrected chi connectivity index (χ4v) is 3.84. The lowest BCUT2D eigenvalue weighted by atomic mass is 10.1. The first kappa shape index (κ1) is 21.7. The van der Waals surface area contributed by atoms with Gasteiger partial charge in [0.1, 0.15) is 0 Å². The second kappa shape index (κ2) is 11.3. The number of rotatable bonds is 7. The van der Waals surface area contributed by atoms with E-state index in [1.807, 2.05) is 12.3 Å². The molecule has 5 nitrogen and oxygen atoms in total. The predicted octanol–water partition coefficient (Wildman–Crippen LogP) is 2.67. The third kappa shape index (κ3) is 6.81. The van der Waals surface area contributed by atoms with E-state index in [1.165, 1.54) is 10.5 Å². The van der Waals surface area contributed by atoms with Gasteiger partial charge in [-0.25, -0.2) is 0 Å². The zero-order valence-corrected chi connectivity index (χ0v) is 17.2. The van der Waals surface area contributed by atoms with E-state index < -0.39 is 0 Å². The molecule has 1 aromatic carbocycles. The maximum Gasteiger partial charge on any atom is 0.234 e. The summed E-state index contributed by atoms with van der Waals surface area (Å²) in [6.07, 6.45) is 3.67. The molecule has 2 aromatic rings. The molecule has 2 heterocycles. The van der Waals surface area contributed by atoms with Gasteiger partial charge in [-0.3, -0.25) is 14.7 Å². The summed E-state index contributed by atoms with van der Waals surface area (Å²) in [7, 11) is 0. The molecule has 27 heavy (non-hydrogen) atoms. The number of halogens is 1. The Morgan fingerprint density at radius 2 is 2.15 bits per heavy atom. The normalized spacial score (nSPS) is 17.1. The molecule has 146 valence electrons. The fourth-order valence-electron chi connectivity index (χ4n) is 3.07. The van der Waals surface area contributed by atoms with Gasteiger partial charge in [-0.2, -0.15) is 0 Å². The number of pyridine rings is 1. The number of benzene rings is 1. The predicted molar refractivity (Wildman–Crippen MR) is 114 cm³/mol. The van der Waals surface area contributed by atoms with Gasteiger partial charge >= 0.3 is 0 Å². The second-order valence-corrected chi connectivity index (χ2v) is 7.66. The minimum absolute atomic E-state index is 0. The Kier molecular flexibility index (Phi) is 9.07. The van der Waals surface area contributed by atoms with Crippen molar-refractivity contribution >= 4 is 30.1 Å². The first-order chi connectivity index (χ1) is 12.7. The summed E-state index contributed by atoms with van der Waals surface area (Å²) in [5, 5.41) is 6.45. The summed E-state index contributed by atoms with van der Waals surface area (Å²) in [5.41, 5.74) is 2.42. The Balaban J connectivity index is 0.00000261. The van der Waals surface area contributed by atoms with Crippen molar-refractivity contribution in [1.82, 2.24) is 20.5 Å². The molecular weight excluding hydrogens is 380 g/mol. The van der Waals surface area contributed by atoms with Crippen LogP contribution >= 0.6 is 24.2 Å². The highest BCUT2D eigenvalue weighted by atomic mass is 35.5. The van der Waals surface area contributed by atoms with Crippen LogP contribution in [0.5, 0.6) is 0 Å². The number of piperazine rings is 1. The van der Waals surface area contributed by atoms with Gasteiger partial charge in [0.2, 0.25) is 5.91 Å². The summed E-state index contributed by atoms with van der Waals surface area (Å²) >= 11 is 1.77. The maximum absolute atomic E-state index is 12.3. The van der Waals surface area contributed by atoms with Crippen LogP contribution < -0.4 is 10.6 Å². The fraction of sp³-hybridized carbons (Fsp3) is 0.400. The lowest BCUT2D eigenvalue weighted by Crippen LogP contribution is -2.49. The van der Waals surface area contributed by atoms with E-state index in [0.717, 1.165) is 31.0 Å². The van der Waals surface area contributed by atoms with Crippen LogP contribution in [-0.4, -0.2) is 54.3 Å². The minimum atomic E-state index is 0. The van der Waals surface area contributed by atoms with Gasteiger partial charge < -0.3 is 10.6 Å². The molecule has 0 spiro atoms. The SMILES string of the molecule is Cc1ccc(SCCNC(=O)CN2CCNCC2c2cccnc2)cc1.Cl. The van der Waals surface area contributed by atoms with Crippen molar-refractivity contribution in [1.29, 1.82) is 0 Å². The van der Waals surface area contributed by atoms with E-state index in [1.54, 1.807) is 18.0 Å². The molecular formula is C20H27ClN4OS. The Morgan fingerprint density at radius 3 is 2.89 bits per heavy atom. The molecule has 1 aromatic heterocycles. The molecule has 1 unspecified atom stereocenters. The van der Waals surface area contributed by atoms with E-state index in [0.29, 0.717) is 13.1 Å². The number of thioether (sulfide) groups is 1. The number of hydrogen-bond acceptors (Lipinski definition) is 5. The molecule has 1 amide bonds. The lowest BCUT2D eigenvalue weighted by molar-refractivity contribution is -0.122. The molecule has 0 bridgehead atoms. The smallest absolute Gasteiger partial charge is 0.234 e. The van der Waals surface area contributed by atoms with Crippen LogP contribution in [0.4, 0.5) is 0 Å². The Bertz CT molecular complexity index is 699. The number of carbonyl (C=O) groups excluding carboxylic acids is 1. The first-order valence-electron chi connectivity index (χ1n) is 9.03. The molecule has 1 saturated heterocycles. The molecule has 1 fully saturated rings. The molecule has 0 aliphatic carbocycles. The maximum atomic E-state index is 12.3. The second-order valence-electron chi connectivity index (χ2n) is 6.49. The topological polar surface area (TPSA) is 57.3 Å². The summed E-state index contributed by atoms with van der Waals surface area (Å²) in [5.74, 6) is 0.966. The van der Waals surface area contributed by atoms with Crippen molar-refractivity contribution in [3.05, 3.63) is 59.9 Å². The number of carbonyl (C=O) groups is 1. The monoisotopic (exact) mass is 406 g/mol. The number of hydrogen-bond donors (Lipinski definition) is 2. The zero-order valence-electron chi connectivity index (χ0n) is 15.6. The van der Waals surface area contributed by atoms with Gasteiger partial charge in [-0.1, -0.05) is 23.8 Å². The quantitative estimate of drug-likeness (QED) is 0.547. The largest absolute Gasteiger partial charge is 0.354 e. The van der Waals surface area contributed by atoms with Gasteiger partial charge in [-0.15, -0.1) is 24.2 Å². The van der Waals surface area contributed by atoms with Crippen LogP contribution in [0, 0.1) is 6.92 Å². The first-order valence-corrected chi connectivity index (χ1v) is 10.0. The van der Waals surface area contributed by atoms with E-state index in [2.05, 4.69) is 57.8 Å². The zero-order chi connectivity index (χ0) is 18.2. The Morgan fingerprint density at radius 1 is 1.33 bits per heavy atom. The molecule has 0 radical (unpaired) electrons. The number of nitrogens with one attached hydrogen (secondary N) is 2. The van der Waals surface area contributed by atoms with E-state index in [-0.39, 0.29) is 24.4 Å². The molecule has 1 aliphatic rings. The van der Waals surface area contributed by atoms with Crippen LogP contribution in [0.25, 0.3) is 0 Å². The molecule has 0 saturated carbocycles. The van der Waals surface area contributed by atoms with Crippen molar-refractivity contribution < 1.29 is 4.79 Å². The van der Waals surface area contributed by atoms with Crippen molar-refractivity contribution in [2.75, 3.05) is 38.5 Å². The van der Waals surface area contributed by atoms with Crippen molar-refractivity contribution in [2.45, 2.75) is 17.9 Å². The molecule has 7 heteroatoms. The highest BCUT2D eigenvalue weighted by Gasteiger charge is 2.25. The molecule has 2 N–H and O–H groups in total. The lowest BCUT2D eigenvalue weighted by Gasteiger charge is -2.35. The van der Waals surface area contributed by atoms with Crippen LogP contribution in [0.3, 0.4) is 0 Å². The van der Waals surface area contributed by atoms with Gasteiger partial charge in [0.15, 0.2) is 0 Å². The van der Waals surface area contributed by atoms with Crippen LogP contribution in [0.15, 0.2) is 53.7 Å². The van der Waals surface area contributed by atoms with E-state index in [4.69, 9.17) is 0 Å². The number of aryl methyl sites for hydroxylation is 1. The Hall–Kier alpha value is -1.60. The van der Waals surface area contributed by atoms with Crippen LogP contribution in [0.2, 0.25) is 0 Å². The van der Waals surface area contributed by atoms with Gasteiger partial charge in [0.05, 0.1) is 6.54 Å². The van der Waals surface area contributed by atoms with Gasteiger partial charge in [0.25, 0.3) is 0 Å². The van der Waals surface area contributed by atoms with Crippen molar-refractivity contribution in [3.8, 4) is 0 Å². The van der Waals surface area contributed by atoms with Crippen LogP contribution in [0.1, 0.15) is 17.2 Å².